The number of methoxy groups -OCH3 is 2. The molecule has 0 fully saturated rings. The predicted octanol–water partition coefficient (Wildman–Crippen LogP) is 4.30. The Balaban J connectivity index is 2.77. The van der Waals surface area contributed by atoms with Crippen molar-refractivity contribution in [1.82, 2.24) is 0 Å². The van der Waals surface area contributed by atoms with Crippen LogP contribution in [0.15, 0.2) is 40.5 Å². The van der Waals surface area contributed by atoms with Gasteiger partial charge in [0, 0.05) is 13.5 Å². The van der Waals surface area contributed by atoms with Crippen LogP contribution in [0.3, 0.4) is 0 Å². The van der Waals surface area contributed by atoms with E-state index in [0.717, 1.165) is 11.1 Å². The number of carbonyl (C=O) groups is 1. The molecule has 0 aliphatic heterocycles. The molecule has 138 valence electrons. The van der Waals surface area contributed by atoms with Gasteiger partial charge in [0.2, 0.25) is 0 Å². The minimum atomic E-state index is -0.401. The first-order chi connectivity index (χ1) is 12.0. The Morgan fingerprint density at radius 1 is 1.36 bits per heavy atom. The van der Waals surface area contributed by atoms with Gasteiger partial charge in [0.05, 0.1) is 19.8 Å². The molecule has 25 heavy (non-hydrogen) atoms. The summed E-state index contributed by atoms with van der Waals surface area (Å²) in [5.74, 6) is 0.109. The molecule has 0 spiro atoms. The maximum Gasteiger partial charge on any atom is 0.342 e. The van der Waals surface area contributed by atoms with Crippen molar-refractivity contribution in [2.75, 3.05) is 27.6 Å². The topological polar surface area (TPSA) is 54.0 Å². The summed E-state index contributed by atoms with van der Waals surface area (Å²) in [6.45, 7) is 6.16. The highest BCUT2D eigenvalue weighted by atomic mass is 127. The van der Waals surface area contributed by atoms with Crippen LogP contribution in [0.4, 0.5) is 0 Å². The number of benzene rings is 1. The number of rotatable bonds is 11. The second kappa shape index (κ2) is 12.1. The molecule has 0 radical (unpaired) electrons. The number of carbonyl (C=O) groups excluding carboxylic acids is 1. The van der Waals surface area contributed by atoms with Gasteiger partial charge in [-0.15, -0.1) is 0 Å². The number of allylic oxidation sites excluding steroid dienone is 1. The molecule has 0 aliphatic rings. The third-order valence-corrected chi connectivity index (χ3v) is 4.02. The maximum absolute atomic E-state index is 12.6. The van der Waals surface area contributed by atoms with Gasteiger partial charge in [-0.1, -0.05) is 53.0 Å². The summed E-state index contributed by atoms with van der Waals surface area (Å²) in [4.78, 5) is 12.6. The predicted molar refractivity (Wildman–Crippen MR) is 106 cm³/mol. The second-order valence-corrected chi connectivity index (χ2v) is 6.11. The van der Waals surface area contributed by atoms with Crippen molar-refractivity contribution in [3.05, 3.63) is 51.6 Å². The third-order valence-electron chi connectivity index (χ3n) is 3.51. The van der Waals surface area contributed by atoms with Gasteiger partial charge in [-0.25, -0.2) is 4.79 Å². The lowest BCUT2D eigenvalue weighted by atomic mass is 10.0. The van der Waals surface area contributed by atoms with E-state index in [1.807, 2.05) is 29.2 Å². The van der Waals surface area contributed by atoms with Gasteiger partial charge >= 0.3 is 5.97 Å². The Morgan fingerprint density at radius 2 is 2.12 bits per heavy atom. The summed E-state index contributed by atoms with van der Waals surface area (Å²) in [6, 6.07) is 5.52. The molecule has 0 unspecified atom stereocenters. The van der Waals surface area contributed by atoms with E-state index in [-0.39, 0.29) is 19.5 Å². The molecule has 6 heteroatoms. The SMILES string of the molecule is C=C(C)[C@@H](CCOC(=O)c1c(C/C=C/I)cccc1OC)OCOC. The molecule has 0 saturated heterocycles. The fourth-order valence-electron chi connectivity index (χ4n) is 2.27. The third kappa shape index (κ3) is 7.17. The van der Waals surface area contributed by atoms with Gasteiger partial charge in [0.1, 0.15) is 18.1 Å². The number of hydrogen-bond donors (Lipinski definition) is 0. The standard InChI is InChI=1S/C19H25IO5/c1-14(2)16(25-13-22-3)10-12-24-19(21)18-15(8-6-11-20)7-5-9-17(18)23-4/h5-7,9,11,16H,1,8,10,12-13H2,2-4H3/b11-6+/t16-/m1/s1. The summed E-state index contributed by atoms with van der Waals surface area (Å²) in [7, 11) is 3.10. The Kier molecular flexibility index (Phi) is 10.4. The number of hydrogen-bond acceptors (Lipinski definition) is 5. The van der Waals surface area contributed by atoms with Gasteiger partial charge < -0.3 is 18.9 Å². The Labute approximate surface area is 163 Å². The zero-order valence-electron chi connectivity index (χ0n) is 14.9. The normalized spacial score (nSPS) is 12.2. The zero-order valence-corrected chi connectivity index (χ0v) is 17.1. The van der Waals surface area contributed by atoms with E-state index >= 15 is 0 Å². The molecular formula is C19H25IO5. The molecule has 1 aromatic rings. The highest BCUT2D eigenvalue weighted by Gasteiger charge is 2.19. The van der Waals surface area contributed by atoms with E-state index in [1.165, 1.54) is 0 Å². The minimum Gasteiger partial charge on any atom is -0.496 e. The first-order valence-corrected chi connectivity index (χ1v) is 9.13. The molecule has 0 bridgehead atoms. The highest BCUT2D eigenvalue weighted by Crippen LogP contribution is 2.24. The Morgan fingerprint density at radius 3 is 2.72 bits per heavy atom. The molecule has 5 nitrogen and oxygen atoms in total. The molecule has 1 rings (SSSR count). The molecule has 0 heterocycles. The smallest absolute Gasteiger partial charge is 0.342 e. The first kappa shape index (κ1) is 21.7. The first-order valence-electron chi connectivity index (χ1n) is 7.89. The van der Waals surface area contributed by atoms with Gasteiger partial charge in [0.25, 0.3) is 0 Å². The van der Waals surface area contributed by atoms with E-state index in [2.05, 4.69) is 29.2 Å². The van der Waals surface area contributed by atoms with E-state index in [4.69, 9.17) is 18.9 Å². The van der Waals surface area contributed by atoms with Crippen molar-refractivity contribution in [2.45, 2.75) is 25.9 Å². The van der Waals surface area contributed by atoms with Crippen LogP contribution in [-0.2, 0) is 20.6 Å². The van der Waals surface area contributed by atoms with Crippen molar-refractivity contribution in [3.63, 3.8) is 0 Å². The lowest BCUT2D eigenvalue weighted by Gasteiger charge is -2.18. The van der Waals surface area contributed by atoms with Crippen LogP contribution in [0, 0.1) is 0 Å². The fraction of sp³-hybridized carbons (Fsp3) is 0.421. The maximum atomic E-state index is 12.6. The van der Waals surface area contributed by atoms with Gasteiger partial charge in [-0.2, -0.15) is 0 Å². The van der Waals surface area contributed by atoms with Gasteiger partial charge in [0.15, 0.2) is 0 Å². The fourth-order valence-corrected chi connectivity index (χ4v) is 2.53. The number of ether oxygens (including phenoxy) is 4. The van der Waals surface area contributed by atoms with Crippen LogP contribution >= 0.6 is 22.6 Å². The van der Waals surface area contributed by atoms with Crippen molar-refractivity contribution in [1.29, 1.82) is 0 Å². The van der Waals surface area contributed by atoms with Crippen LogP contribution in [0.1, 0.15) is 29.3 Å². The van der Waals surface area contributed by atoms with E-state index in [0.29, 0.717) is 24.2 Å². The summed E-state index contributed by atoms with van der Waals surface area (Å²) >= 11 is 2.15. The Bertz CT molecular complexity index is 597. The summed E-state index contributed by atoms with van der Waals surface area (Å²) < 4.78 is 23.1. The van der Waals surface area contributed by atoms with Crippen LogP contribution in [-0.4, -0.2) is 39.7 Å². The number of esters is 1. The van der Waals surface area contributed by atoms with E-state index in [1.54, 1.807) is 20.3 Å². The summed E-state index contributed by atoms with van der Waals surface area (Å²) in [5, 5.41) is 0. The van der Waals surface area contributed by atoms with Crippen LogP contribution in [0.2, 0.25) is 0 Å². The molecule has 0 N–H and O–H groups in total. The highest BCUT2D eigenvalue weighted by molar-refractivity contribution is 14.1. The largest absolute Gasteiger partial charge is 0.496 e. The molecular weight excluding hydrogens is 435 g/mol. The lowest BCUT2D eigenvalue weighted by molar-refractivity contribution is -0.0652. The number of halogens is 1. The van der Waals surface area contributed by atoms with Crippen molar-refractivity contribution in [2.24, 2.45) is 0 Å². The molecule has 1 aromatic carbocycles. The molecule has 1 atom stereocenters. The van der Waals surface area contributed by atoms with Crippen LogP contribution in [0.25, 0.3) is 0 Å². The molecule has 0 aliphatic carbocycles. The summed E-state index contributed by atoms with van der Waals surface area (Å²) in [6.07, 6.45) is 2.91. The molecule has 0 aromatic heterocycles. The van der Waals surface area contributed by atoms with Crippen LogP contribution in [0.5, 0.6) is 5.75 Å². The minimum absolute atomic E-state index is 0.171. The van der Waals surface area contributed by atoms with Crippen molar-refractivity contribution in [3.8, 4) is 5.75 Å². The average Bonchev–Trinajstić information content (AvgIpc) is 2.61. The van der Waals surface area contributed by atoms with E-state index in [9.17, 15) is 4.79 Å². The lowest BCUT2D eigenvalue weighted by Crippen LogP contribution is -2.20. The second-order valence-electron chi connectivity index (χ2n) is 5.39. The monoisotopic (exact) mass is 460 g/mol. The van der Waals surface area contributed by atoms with Crippen molar-refractivity contribution >= 4 is 28.6 Å². The van der Waals surface area contributed by atoms with Crippen LogP contribution < -0.4 is 4.74 Å². The quantitative estimate of drug-likeness (QED) is 0.213. The zero-order chi connectivity index (χ0) is 18.7. The molecule has 0 amide bonds. The Hall–Kier alpha value is -1.38. The van der Waals surface area contributed by atoms with Crippen molar-refractivity contribution < 1.29 is 23.7 Å². The van der Waals surface area contributed by atoms with Gasteiger partial charge in [-0.3, -0.25) is 0 Å². The average molecular weight is 460 g/mol. The van der Waals surface area contributed by atoms with Gasteiger partial charge in [-0.05, 0) is 29.1 Å². The van der Waals surface area contributed by atoms with E-state index < -0.39 is 5.97 Å². The summed E-state index contributed by atoms with van der Waals surface area (Å²) in [5.41, 5.74) is 2.19. The molecule has 0 saturated carbocycles.